The SMILES string of the molecule is CCCCCCCCCCCCN(C=O)CC(=O)N(CCCCCCCCCCCC)CC(=O)N(CCCN)CC(=O)N(CCCN)CC(=O)N(CCCCCCCCCCCC)CC(=O)N(CCCCCCCCCCCC)CC(N)=O. The van der Waals surface area contributed by atoms with Crippen LogP contribution in [-0.2, 0) is 33.6 Å². The summed E-state index contributed by atoms with van der Waals surface area (Å²) in [4.78, 5) is 105. The van der Waals surface area contributed by atoms with Crippen LogP contribution in [0.3, 0.4) is 0 Å². The second-order valence-electron chi connectivity index (χ2n) is 24.1. The Morgan fingerprint density at radius 3 is 0.675 bits per heavy atom. The van der Waals surface area contributed by atoms with Gasteiger partial charge in [-0.15, -0.1) is 0 Å². The van der Waals surface area contributed by atoms with Crippen LogP contribution < -0.4 is 17.2 Å². The van der Waals surface area contributed by atoms with E-state index in [0.717, 1.165) is 89.9 Å². The predicted molar refractivity (Wildman–Crippen MR) is 344 cm³/mol. The number of rotatable bonds is 63. The van der Waals surface area contributed by atoms with E-state index in [1.165, 1.54) is 185 Å². The van der Waals surface area contributed by atoms with Crippen LogP contribution >= 0.6 is 0 Å². The van der Waals surface area contributed by atoms with Gasteiger partial charge in [-0.25, -0.2) is 0 Å². The maximum absolute atomic E-state index is 14.5. The van der Waals surface area contributed by atoms with E-state index in [1.807, 2.05) is 0 Å². The fourth-order valence-corrected chi connectivity index (χ4v) is 10.9. The highest BCUT2D eigenvalue weighted by molar-refractivity contribution is 5.92. The molecule has 0 aliphatic heterocycles. The molecule has 0 aliphatic carbocycles. The molecule has 0 saturated heterocycles. The van der Waals surface area contributed by atoms with Gasteiger partial charge in [0.2, 0.25) is 41.9 Å². The average molecular weight is 1170 g/mol. The quantitative estimate of drug-likeness (QED) is 0.0389. The van der Waals surface area contributed by atoms with Crippen molar-refractivity contribution in [1.82, 2.24) is 29.4 Å². The summed E-state index contributed by atoms with van der Waals surface area (Å²) in [6, 6.07) is 0. The molecule has 0 unspecified atom stereocenters. The number of nitrogens with zero attached hydrogens (tertiary/aromatic N) is 6. The standard InChI is InChI=1S/C67H131N9O7/c1-5-9-13-17-21-25-29-33-37-41-49-71(61-77)56-63(79)73(51-43-39-35-31-27-23-19-15-11-7-3)58-66(82)76(54-46-48-69)60-67(83)75(53-45-47-68)59-65(81)74(52-44-40-36-32-28-24-20-16-12-8-4)57-64(80)72(55-62(70)78)50-42-38-34-30-26-22-18-14-10-6-2/h61H,5-60,68-69H2,1-4H3,(H2,70,78). The summed E-state index contributed by atoms with van der Waals surface area (Å²) in [5, 5.41) is 0. The lowest BCUT2D eigenvalue weighted by Gasteiger charge is -2.32. The average Bonchev–Trinajstić information content (AvgIpc) is 3.50. The van der Waals surface area contributed by atoms with E-state index < -0.39 is 23.6 Å². The van der Waals surface area contributed by atoms with Crippen molar-refractivity contribution in [1.29, 1.82) is 0 Å². The Bertz CT molecular complexity index is 1590. The molecular formula is C67H131N9O7. The first-order valence-corrected chi connectivity index (χ1v) is 34.7. The van der Waals surface area contributed by atoms with Crippen molar-refractivity contribution in [3.8, 4) is 0 Å². The molecule has 16 nitrogen and oxygen atoms in total. The van der Waals surface area contributed by atoms with Crippen LogP contribution in [0.2, 0.25) is 0 Å². The van der Waals surface area contributed by atoms with Crippen molar-refractivity contribution in [2.24, 2.45) is 17.2 Å². The molecule has 6 N–H and O–H groups in total. The molecule has 0 fully saturated rings. The summed E-state index contributed by atoms with van der Waals surface area (Å²) in [6.45, 7) is 9.76. The molecule has 0 spiro atoms. The third kappa shape index (κ3) is 47.1. The van der Waals surface area contributed by atoms with Crippen molar-refractivity contribution >= 4 is 41.9 Å². The third-order valence-electron chi connectivity index (χ3n) is 16.3. The third-order valence-corrected chi connectivity index (χ3v) is 16.3. The van der Waals surface area contributed by atoms with E-state index in [0.29, 0.717) is 51.9 Å². The van der Waals surface area contributed by atoms with Crippen molar-refractivity contribution in [3.63, 3.8) is 0 Å². The number of unbranched alkanes of at least 4 members (excludes halogenated alkanes) is 36. The minimum Gasteiger partial charge on any atom is -0.368 e. The molecule has 486 valence electrons. The molecule has 0 aromatic rings. The Morgan fingerprint density at radius 1 is 0.265 bits per heavy atom. The Labute approximate surface area is 509 Å². The van der Waals surface area contributed by atoms with Crippen molar-refractivity contribution in [2.45, 2.75) is 297 Å². The van der Waals surface area contributed by atoms with Gasteiger partial charge >= 0.3 is 0 Å². The van der Waals surface area contributed by atoms with E-state index in [-0.39, 0.29) is 77.3 Å². The van der Waals surface area contributed by atoms with E-state index in [4.69, 9.17) is 17.2 Å². The van der Waals surface area contributed by atoms with Crippen LogP contribution in [0.25, 0.3) is 0 Å². The zero-order chi connectivity index (χ0) is 61.2. The van der Waals surface area contributed by atoms with Crippen molar-refractivity contribution < 1.29 is 33.6 Å². The van der Waals surface area contributed by atoms with Crippen LogP contribution in [-0.4, -0.2) is 163 Å². The van der Waals surface area contributed by atoms with E-state index >= 15 is 0 Å². The second kappa shape index (κ2) is 58.6. The lowest BCUT2D eigenvalue weighted by Crippen LogP contribution is -2.52. The fraction of sp³-hybridized carbons (Fsp3) is 0.896. The molecule has 7 amide bonds. The van der Waals surface area contributed by atoms with Gasteiger partial charge in [-0.1, -0.05) is 259 Å². The van der Waals surface area contributed by atoms with Gasteiger partial charge in [0, 0.05) is 39.3 Å². The lowest BCUT2D eigenvalue weighted by molar-refractivity contribution is -0.147. The summed E-state index contributed by atoms with van der Waals surface area (Å²) < 4.78 is 0. The van der Waals surface area contributed by atoms with Crippen LogP contribution in [0, 0.1) is 0 Å². The smallest absolute Gasteiger partial charge is 0.242 e. The topological polar surface area (TPSA) is 217 Å². The minimum atomic E-state index is -0.612. The molecule has 83 heavy (non-hydrogen) atoms. The number of carbonyl (C=O) groups excluding carboxylic acids is 7. The van der Waals surface area contributed by atoms with Gasteiger partial charge in [0.15, 0.2) is 0 Å². The zero-order valence-electron chi connectivity index (χ0n) is 54.4. The first-order valence-electron chi connectivity index (χ1n) is 34.7. The Hall–Kier alpha value is -3.79. The predicted octanol–water partition coefficient (Wildman–Crippen LogP) is 12.5. The number of primary amides is 1. The molecule has 0 rings (SSSR count). The summed E-state index contributed by atoms with van der Waals surface area (Å²) in [6.07, 6.45) is 46.8. The van der Waals surface area contributed by atoms with Gasteiger partial charge < -0.3 is 46.6 Å². The van der Waals surface area contributed by atoms with Crippen LogP contribution in [0.1, 0.15) is 297 Å². The van der Waals surface area contributed by atoms with E-state index in [1.54, 1.807) is 4.90 Å². The summed E-state index contributed by atoms with van der Waals surface area (Å²) in [5.41, 5.74) is 17.7. The highest BCUT2D eigenvalue weighted by Gasteiger charge is 2.29. The Kier molecular flexibility index (Phi) is 55.9. The summed E-state index contributed by atoms with van der Waals surface area (Å²) >= 11 is 0. The highest BCUT2D eigenvalue weighted by atomic mass is 16.2. The molecule has 0 heterocycles. The molecule has 0 aromatic carbocycles. The monoisotopic (exact) mass is 1170 g/mol. The van der Waals surface area contributed by atoms with E-state index in [2.05, 4.69) is 27.7 Å². The summed E-state index contributed by atoms with van der Waals surface area (Å²) in [5.74, 6) is -2.53. The maximum atomic E-state index is 14.5. The molecule has 0 aliphatic rings. The molecule has 0 aromatic heterocycles. The molecule has 0 saturated carbocycles. The van der Waals surface area contributed by atoms with Gasteiger partial charge in [-0.05, 0) is 51.6 Å². The first-order chi connectivity index (χ1) is 40.4. The van der Waals surface area contributed by atoms with Gasteiger partial charge in [0.1, 0.15) is 0 Å². The largest absolute Gasteiger partial charge is 0.368 e. The van der Waals surface area contributed by atoms with Crippen LogP contribution in [0.15, 0.2) is 0 Å². The highest BCUT2D eigenvalue weighted by Crippen LogP contribution is 2.16. The second-order valence-corrected chi connectivity index (χ2v) is 24.1. The number of hydrogen-bond donors (Lipinski definition) is 3. The zero-order valence-corrected chi connectivity index (χ0v) is 54.4. The number of nitrogens with two attached hydrogens (primary N) is 3. The lowest BCUT2D eigenvalue weighted by atomic mass is 10.1. The first kappa shape index (κ1) is 79.2. The minimum absolute atomic E-state index is 0.125. The Balaban J connectivity index is 6.32. The van der Waals surface area contributed by atoms with Gasteiger partial charge in [-0.2, -0.15) is 0 Å². The van der Waals surface area contributed by atoms with Crippen molar-refractivity contribution in [2.75, 3.05) is 91.6 Å². The van der Waals surface area contributed by atoms with Gasteiger partial charge in [0.25, 0.3) is 0 Å². The molecule has 0 bridgehead atoms. The molecular weight excluding hydrogens is 1040 g/mol. The summed E-state index contributed by atoms with van der Waals surface area (Å²) in [7, 11) is 0. The van der Waals surface area contributed by atoms with Crippen molar-refractivity contribution in [3.05, 3.63) is 0 Å². The maximum Gasteiger partial charge on any atom is 0.242 e. The van der Waals surface area contributed by atoms with Crippen LogP contribution in [0.4, 0.5) is 0 Å². The number of amides is 7. The molecule has 0 atom stereocenters. The number of carbonyl (C=O) groups is 7. The normalized spacial score (nSPS) is 11.2. The van der Waals surface area contributed by atoms with Crippen LogP contribution in [0.5, 0.6) is 0 Å². The molecule has 16 heteroatoms. The van der Waals surface area contributed by atoms with Gasteiger partial charge in [0.05, 0.1) is 39.3 Å². The fourth-order valence-electron chi connectivity index (χ4n) is 10.9. The molecule has 0 radical (unpaired) electrons. The van der Waals surface area contributed by atoms with E-state index in [9.17, 15) is 33.6 Å². The van der Waals surface area contributed by atoms with Gasteiger partial charge in [-0.3, -0.25) is 33.6 Å². The Morgan fingerprint density at radius 2 is 0.458 bits per heavy atom. The number of hydrogen-bond acceptors (Lipinski definition) is 9.